The lowest BCUT2D eigenvalue weighted by atomic mass is 10.1. The Bertz CT molecular complexity index is 181. The van der Waals surface area contributed by atoms with Crippen molar-refractivity contribution in [3.05, 3.63) is 24.2 Å². The molecule has 0 bridgehead atoms. The molecule has 0 aliphatic heterocycles. The monoisotopic (exact) mass is 153 g/mol. The fourth-order valence-corrected chi connectivity index (χ4v) is 1.18. The minimum atomic E-state index is 0.539. The molecule has 1 N–H and O–H groups in total. The molecule has 0 saturated heterocycles. The number of hydrogen-bond acceptors (Lipinski definition) is 2. The molecular formula is C9H15NO. The molecule has 1 rings (SSSR count). The van der Waals surface area contributed by atoms with E-state index >= 15 is 0 Å². The molecule has 62 valence electrons. The van der Waals surface area contributed by atoms with Crippen molar-refractivity contribution in [2.24, 2.45) is 0 Å². The van der Waals surface area contributed by atoms with Gasteiger partial charge in [0.2, 0.25) is 0 Å². The van der Waals surface area contributed by atoms with E-state index in [-0.39, 0.29) is 0 Å². The lowest BCUT2D eigenvalue weighted by Crippen LogP contribution is -2.27. The van der Waals surface area contributed by atoms with Gasteiger partial charge in [-0.05, 0) is 31.5 Å². The molecule has 0 aromatic carbocycles. The van der Waals surface area contributed by atoms with E-state index in [1.54, 1.807) is 12.5 Å². The number of likely N-dealkylation sites (N-methyl/N-ethyl adjacent to an activating group) is 1. The fraction of sp³-hybridized carbons (Fsp3) is 0.556. The van der Waals surface area contributed by atoms with E-state index in [2.05, 4.69) is 19.2 Å². The van der Waals surface area contributed by atoms with Crippen molar-refractivity contribution in [3.8, 4) is 0 Å². The maximum absolute atomic E-state index is 4.97. The molecule has 1 aromatic heterocycles. The Morgan fingerprint density at radius 2 is 2.45 bits per heavy atom. The summed E-state index contributed by atoms with van der Waals surface area (Å²) < 4.78 is 4.97. The van der Waals surface area contributed by atoms with Crippen LogP contribution in [0, 0.1) is 0 Å². The summed E-state index contributed by atoms with van der Waals surface area (Å²) in [5.41, 5.74) is 1.26. The van der Waals surface area contributed by atoms with Crippen molar-refractivity contribution in [1.29, 1.82) is 0 Å². The molecule has 0 aliphatic carbocycles. The molecule has 0 aliphatic rings. The molecule has 0 saturated carbocycles. The average molecular weight is 153 g/mol. The standard InChI is InChI=1S/C9H15NO/c1-3-10-8(2)6-9-4-5-11-7-9/h4-5,7-8,10H,3,6H2,1-2H3. The molecule has 0 amide bonds. The molecule has 2 heteroatoms. The number of nitrogens with one attached hydrogen (secondary N) is 1. The van der Waals surface area contributed by atoms with Gasteiger partial charge < -0.3 is 9.73 Å². The molecule has 2 nitrogen and oxygen atoms in total. The molecule has 1 heterocycles. The van der Waals surface area contributed by atoms with Gasteiger partial charge in [0, 0.05) is 6.04 Å². The van der Waals surface area contributed by atoms with Crippen molar-refractivity contribution in [2.75, 3.05) is 6.54 Å². The Balaban J connectivity index is 2.31. The first-order chi connectivity index (χ1) is 5.33. The third-order valence-electron chi connectivity index (χ3n) is 1.67. The van der Waals surface area contributed by atoms with Crippen LogP contribution in [-0.2, 0) is 6.42 Å². The van der Waals surface area contributed by atoms with Gasteiger partial charge in [-0.15, -0.1) is 0 Å². The van der Waals surface area contributed by atoms with Gasteiger partial charge in [0.25, 0.3) is 0 Å². The smallest absolute Gasteiger partial charge is 0.0935 e. The quantitative estimate of drug-likeness (QED) is 0.713. The zero-order valence-electron chi connectivity index (χ0n) is 7.13. The first-order valence-corrected chi connectivity index (χ1v) is 4.07. The molecule has 11 heavy (non-hydrogen) atoms. The fourth-order valence-electron chi connectivity index (χ4n) is 1.18. The predicted molar refractivity (Wildman–Crippen MR) is 45.6 cm³/mol. The summed E-state index contributed by atoms with van der Waals surface area (Å²) in [6.07, 6.45) is 4.56. The third kappa shape index (κ3) is 2.76. The highest BCUT2D eigenvalue weighted by molar-refractivity contribution is 5.06. The van der Waals surface area contributed by atoms with Crippen LogP contribution in [-0.4, -0.2) is 12.6 Å². The first kappa shape index (κ1) is 8.34. The van der Waals surface area contributed by atoms with Crippen LogP contribution in [0.4, 0.5) is 0 Å². The molecular weight excluding hydrogens is 138 g/mol. The highest BCUT2D eigenvalue weighted by atomic mass is 16.3. The lowest BCUT2D eigenvalue weighted by Gasteiger charge is -2.09. The largest absolute Gasteiger partial charge is 0.472 e. The van der Waals surface area contributed by atoms with Crippen LogP contribution in [0.1, 0.15) is 19.4 Å². The van der Waals surface area contributed by atoms with Crippen LogP contribution in [0.5, 0.6) is 0 Å². The van der Waals surface area contributed by atoms with Crippen LogP contribution in [0.3, 0.4) is 0 Å². The zero-order valence-corrected chi connectivity index (χ0v) is 7.13. The maximum atomic E-state index is 4.97. The van der Waals surface area contributed by atoms with Crippen molar-refractivity contribution >= 4 is 0 Å². The second-order valence-corrected chi connectivity index (χ2v) is 2.79. The highest BCUT2D eigenvalue weighted by Gasteiger charge is 2.01. The van der Waals surface area contributed by atoms with Gasteiger partial charge in [0.05, 0.1) is 12.5 Å². The van der Waals surface area contributed by atoms with Crippen molar-refractivity contribution in [2.45, 2.75) is 26.3 Å². The van der Waals surface area contributed by atoms with Crippen LogP contribution in [0.2, 0.25) is 0 Å². The van der Waals surface area contributed by atoms with E-state index in [1.807, 2.05) is 6.07 Å². The summed E-state index contributed by atoms with van der Waals surface area (Å²) in [7, 11) is 0. The van der Waals surface area contributed by atoms with Gasteiger partial charge in [0.15, 0.2) is 0 Å². The van der Waals surface area contributed by atoms with Gasteiger partial charge >= 0.3 is 0 Å². The summed E-state index contributed by atoms with van der Waals surface area (Å²) in [6, 6.07) is 2.55. The van der Waals surface area contributed by atoms with Crippen molar-refractivity contribution in [1.82, 2.24) is 5.32 Å². The number of furan rings is 1. The summed E-state index contributed by atoms with van der Waals surface area (Å²) >= 11 is 0. The van der Waals surface area contributed by atoms with Crippen molar-refractivity contribution < 1.29 is 4.42 Å². The number of hydrogen-bond donors (Lipinski definition) is 1. The molecule has 0 radical (unpaired) electrons. The van der Waals surface area contributed by atoms with E-state index in [0.29, 0.717) is 6.04 Å². The van der Waals surface area contributed by atoms with E-state index in [1.165, 1.54) is 5.56 Å². The lowest BCUT2D eigenvalue weighted by molar-refractivity contribution is 0.544. The van der Waals surface area contributed by atoms with Gasteiger partial charge in [-0.3, -0.25) is 0 Å². The highest BCUT2D eigenvalue weighted by Crippen LogP contribution is 2.03. The Morgan fingerprint density at radius 1 is 1.64 bits per heavy atom. The second kappa shape index (κ2) is 4.19. The summed E-state index contributed by atoms with van der Waals surface area (Å²) in [5, 5.41) is 3.34. The second-order valence-electron chi connectivity index (χ2n) is 2.79. The SMILES string of the molecule is CCNC(C)Cc1ccoc1. The Morgan fingerprint density at radius 3 is 3.00 bits per heavy atom. The minimum absolute atomic E-state index is 0.539. The summed E-state index contributed by atoms with van der Waals surface area (Å²) in [4.78, 5) is 0. The molecule has 1 unspecified atom stereocenters. The van der Waals surface area contributed by atoms with Crippen LogP contribution in [0.25, 0.3) is 0 Å². The normalized spacial score (nSPS) is 13.3. The molecule has 0 fully saturated rings. The predicted octanol–water partition coefficient (Wildman–Crippen LogP) is 1.82. The van der Waals surface area contributed by atoms with E-state index in [9.17, 15) is 0 Å². The number of rotatable bonds is 4. The Labute approximate surface area is 67.6 Å². The minimum Gasteiger partial charge on any atom is -0.472 e. The summed E-state index contributed by atoms with van der Waals surface area (Å²) in [6.45, 7) is 5.32. The van der Waals surface area contributed by atoms with Crippen LogP contribution >= 0.6 is 0 Å². The first-order valence-electron chi connectivity index (χ1n) is 4.07. The van der Waals surface area contributed by atoms with Gasteiger partial charge in [0.1, 0.15) is 0 Å². The van der Waals surface area contributed by atoms with Crippen molar-refractivity contribution in [3.63, 3.8) is 0 Å². The van der Waals surface area contributed by atoms with Gasteiger partial charge in [-0.1, -0.05) is 6.92 Å². The average Bonchev–Trinajstić information content (AvgIpc) is 2.40. The summed E-state index contributed by atoms with van der Waals surface area (Å²) in [5.74, 6) is 0. The third-order valence-corrected chi connectivity index (χ3v) is 1.67. The van der Waals surface area contributed by atoms with Crippen LogP contribution < -0.4 is 5.32 Å². The Kier molecular flexibility index (Phi) is 3.17. The molecule has 1 atom stereocenters. The van der Waals surface area contributed by atoms with Gasteiger partial charge in [-0.25, -0.2) is 0 Å². The van der Waals surface area contributed by atoms with E-state index < -0.39 is 0 Å². The molecule has 1 aromatic rings. The Hall–Kier alpha value is -0.760. The topological polar surface area (TPSA) is 25.2 Å². The van der Waals surface area contributed by atoms with Gasteiger partial charge in [-0.2, -0.15) is 0 Å². The molecule has 0 spiro atoms. The maximum Gasteiger partial charge on any atom is 0.0935 e. The van der Waals surface area contributed by atoms with Crippen LogP contribution in [0.15, 0.2) is 23.0 Å². The van der Waals surface area contributed by atoms with E-state index in [0.717, 1.165) is 13.0 Å². The van der Waals surface area contributed by atoms with E-state index in [4.69, 9.17) is 4.42 Å². The zero-order chi connectivity index (χ0) is 8.10.